The Morgan fingerprint density at radius 2 is 2.18 bits per heavy atom. The van der Waals surface area contributed by atoms with Crippen LogP contribution in [-0.4, -0.2) is 63.9 Å². The fourth-order valence-corrected chi connectivity index (χ4v) is 4.57. The molecular weight excluding hydrogens is 298 g/mol. The molecule has 0 aliphatic carbocycles. The van der Waals surface area contributed by atoms with Crippen LogP contribution < -0.4 is 0 Å². The minimum absolute atomic E-state index is 0.131. The lowest BCUT2D eigenvalue weighted by Crippen LogP contribution is -2.33. The summed E-state index contributed by atoms with van der Waals surface area (Å²) >= 11 is 1.48. The van der Waals surface area contributed by atoms with Crippen LogP contribution in [0, 0.1) is 5.41 Å². The molecule has 0 saturated carbocycles. The molecule has 0 radical (unpaired) electrons. The van der Waals surface area contributed by atoms with Crippen molar-refractivity contribution in [1.29, 1.82) is 0 Å². The molecule has 1 unspecified atom stereocenters. The maximum atomic E-state index is 12.9. The Labute approximate surface area is 133 Å². The van der Waals surface area contributed by atoms with Gasteiger partial charge in [-0.05, 0) is 37.9 Å². The van der Waals surface area contributed by atoms with Gasteiger partial charge in [-0.3, -0.25) is 4.79 Å². The number of thiophene rings is 1. The number of amides is 1. The second-order valence-electron chi connectivity index (χ2n) is 6.45. The molecule has 2 aromatic heterocycles. The van der Waals surface area contributed by atoms with Gasteiger partial charge in [0, 0.05) is 25.0 Å². The third-order valence-electron chi connectivity index (χ3n) is 4.86. The molecule has 2 fully saturated rings. The van der Waals surface area contributed by atoms with Gasteiger partial charge in [-0.1, -0.05) is 5.21 Å². The Hall–Kier alpha value is -1.73. The van der Waals surface area contributed by atoms with Crippen LogP contribution >= 0.6 is 11.3 Å². The smallest absolute Gasteiger partial charge is 0.266 e. The molecule has 2 aliphatic heterocycles. The second kappa shape index (κ2) is 5.17. The van der Waals surface area contributed by atoms with Crippen LogP contribution in [0.15, 0.2) is 23.8 Å². The van der Waals surface area contributed by atoms with Crippen LogP contribution in [0.5, 0.6) is 0 Å². The molecule has 0 aromatic carbocycles. The van der Waals surface area contributed by atoms with E-state index < -0.39 is 0 Å². The number of hydrogen-bond donors (Lipinski definition) is 0. The number of carbonyl (C=O) groups is 1. The average Bonchev–Trinajstić information content (AvgIpc) is 3.25. The Kier molecular flexibility index (Phi) is 3.27. The van der Waals surface area contributed by atoms with Crippen molar-refractivity contribution in [3.8, 4) is 5.69 Å². The summed E-state index contributed by atoms with van der Waals surface area (Å²) in [6, 6.07) is 1.93. The highest BCUT2D eigenvalue weighted by molar-refractivity contribution is 7.12. The van der Waals surface area contributed by atoms with Crippen LogP contribution in [-0.2, 0) is 0 Å². The highest BCUT2D eigenvalue weighted by atomic mass is 32.1. The van der Waals surface area contributed by atoms with Crippen LogP contribution in [0.2, 0.25) is 0 Å². The zero-order valence-corrected chi connectivity index (χ0v) is 13.4. The molecule has 4 heterocycles. The van der Waals surface area contributed by atoms with Gasteiger partial charge in [0.1, 0.15) is 4.88 Å². The van der Waals surface area contributed by atoms with E-state index in [-0.39, 0.29) is 5.91 Å². The van der Waals surface area contributed by atoms with Gasteiger partial charge in [0.05, 0.1) is 18.1 Å². The summed E-state index contributed by atoms with van der Waals surface area (Å²) in [6.07, 6.45) is 5.72. The maximum absolute atomic E-state index is 12.9. The van der Waals surface area contributed by atoms with Crippen molar-refractivity contribution in [3.63, 3.8) is 0 Å². The molecule has 1 spiro atoms. The topological polar surface area (TPSA) is 54.3 Å². The number of rotatable bonds is 2. The number of aromatic nitrogens is 3. The second-order valence-corrected chi connectivity index (χ2v) is 7.36. The summed E-state index contributed by atoms with van der Waals surface area (Å²) in [4.78, 5) is 18.1. The van der Waals surface area contributed by atoms with Gasteiger partial charge in [0.25, 0.3) is 5.91 Å². The first-order chi connectivity index (χ1) is 10.7. The van der Waals surface area contributed by atoms with Crippen molar-refractivity contribution in [3.05, 3.63) is 28.7 Å². The maximum Gasteiger partial charge on any atom is 0.266 e. The molecule has 0 bridgehead atoms. The molecule has 7 heteroatoms. The molecule has 22 heavy (non-hydrogen) atoms. The van der Waals surface area contributed by atoms with Crippen LogP contribution in [0.1, 0.15) is 22.5 Å². The molecule has 1 amide bonds. The van der Waals surface area contributed by atoms with E-state index >= 15 is 0 Å². The van der Waals surface area contributed by atoms with Gasteiger partial charge >= 0.3 is 0 Å². The Morgan fingerprint density at radius 1 is 1.32 bits per heavy atom. The normalized spacial score (nSPS) is 25.4. The van der Waals surface area contributed by atoms with E-state index in [2.05, 4.69) is 22.3 Å². The fraction of sp³-hybridized carbons (Fsp3) is 0.533. The lowest BCUT2D eigenvalue weighted by atomic mass is 9.86. The van der Waals surface area contributed by atoms with Crippen molar-refractivity contribution in [2.75, 3.05) is 33.2 Å². The molecule has 1 atom stereocenters. The van der Waals surface area contributed by atoms with E-state index in [0.29, 0.717) is 5.41 Å². The van der Waals surface area contributed by atoms with Crippen molar-refractivity contribution in [2.24, 2.45) is 5.41 Å². The van der Waals surface area contributed by atoms with E-state index in [0.717, 1.165) is 43.2 Å². The highest BCUT2D eigenvalue weighted by Crippen LogP contribution is 2.39. The number of likely N-dealkylation sites (tertiary alicyclic amines) is 2. The number of hydrogen-bond acceptors (Lipinski definition) is 5. The standard InChI is InChI=1S/C15H19N5OS/c1-18-6-3-15(10-18)4-7-19(11-15)14(21)13-12(2-9-22-13)20-8-5-16-17-20/h2,5,8-9H,3-4,6-7,10-11H2,1H3. The van der Waals surface area contributed by atoms with Crippen molar-refractivity contribution >= 4 is 17.2 Å². The molecule has 4 rings (SSSR count). The first-order valence-corrected chi connectivity index (χ1v) is 8.47. The summed E-state index contributed by atoms with van der Waals surface area (Å²) in [5, 5.41) is 9.78. The van der Waals surface area contributed by atoms with Gasteiger partial charge in [0.15, 0.2) is 0 Å². The molecule has 116 valence electrons. The molecular formula is C15H19N5OS. The van der Waals surface area contributed by atoms with E-state index in [1.54, 1.807) is 17.1 Å². The molecule has 2 aliphatic rings. The predicted octanol–water partition coefficient (Wildman–Crippen LogP) is 1.50. The molecule has 0 N–H and O–H groups in total. The average molecular weight is 317 g/mol. The molecule has 6 nitrogen and oxygen atoms in total. The lowest BCUT2D eigenvalue weighted by Gasteiger charge is -2.23. The van der Waals surface area contributed by atoms with Crippen molar-refractivity contribution < 1.29 is 4.79 Å². The summed E-state index contributed by atoms with van der Waals surface area (Å²) in [7, 11) is 2.17. The Morgan fingerprint density at radius 3 is 2.91 bits per heavy atom. The number of nitrogens with zero attached hydrogens (tertiary/aromatic N) is 5. The van der Waals surface area contributed by atoms with Crippen molar-refractivity contribution in [2.45, 2.75) is 12.8 Å². The van der Waals surface area contributed by atoms with Gasteiger partial charge in [-0.25, -0.2) is 4.68 Å². The first-order valence-electron chi connectivity index (χ1n) is 7.59. The summed E-state index contributed by atoms with van der Waals surface area (Å²) in [5.41, 5.74) is 1.15. The van der Waals surface area contributed by atoms with E-state index in [1.165, 1.54) is 17.8 Å². The number of carbonyl (C=O) groups excluding carboxylic acids is 1. The van der Waals surface area contributed by atoms with Gasteiger partial charge in [0.2, 0.25) is 0 Å². The summed E-state index contributed by atoms with van der Waals surface area (Å²) in [5.74, 6) is 0.131. The Bertz CT molecular complexity index is 682. The summed E-state index contributed by atoms with van der Waals surface area (Å²) in [6.45, 7) is 3.99. The van der Waals surface area contributed by atoms with Crippen LogP contribution in [0.3, 0.4) is 0 Å². The molecule has 2 aromatic rings. The summed E-state index contributed by atoms with van der Waals surface area (Å²) < 4.78 is 1.67. The minimum atomic E-state index is 0.131. The van der Waals surface area contributed by atoms with Crippen molar-refractivity contribution in [1.82, 2.24) is 24.8 Å². The quantitative estimate of drug-likeness (QED) is 0.842. The molecule has 2 saturated heterocycles. The van der Waals surface area contributed by atoms with E-state index in [9.17, 15) is 4.79 Å². The monoisotopic (exact) mass is 317 g/mol. The fourth-order valence-electron chi connectivity index (χ4n) is 3.72. The van der Waals surface area contributed by atoms with Gasteiger partial charge < -0.3 is 9.80 Å². The zero-order valence-electron chi connectivity index (χ0n) is 12.6. The lowest BCUT2D eigenvalue weighted by molar-refractivity contribution is 0.0778. The van der Waals surface area contributed by atoms with E-state index in [4.69, 9.17) is 0 Å². The highest BCUT2D eigenvalue weighted by Gasteiger charge is 2.44. The third-order valence-corrected chi connectivity index (χ3v) is 5.75. The largest absolute Gasteiger partial charge is 0.337 e. The minimum Gasteiger partial charge on any atom is -0.337 e. The SMILES string of the molecule is CN1CCC2(CCN(C(=O)c3sccc3-n3ccnn3)C2)C1. The first kappa shape index (κ1) is 13.9. The zero-order chi connectivity index (χ0) is 15.2. The van der Waals surface area contributed by atoms with Crippen LogP contribution in [0.25, 0.3) is 5.69 Å². The van der Waals surface area contributed by atoms with E-state index in [1.807, 2.05) is 16.3 Å². The predicted molar refractivity (Wildman–Crippen MR) is 84.3 cm³/mol. The van der Waals surface area contributed by atoms with Crippen LogP contribution in [0.4, 0.5) is 0 Å². The van der Waals surface area contributed by atoms with Gasteiger partial charge in [-0.2, -0.15) is 0 Å². The third kappa shape index (κ3) is 2.24. The Balaban J connectivity index is 1.55. The van der Waals surface area contributed by atoms with Gasteiger partial charge in [-0.15, -0.1) is 16.4 Å².